The molecule has 0 radical (unpaired) electrons. The lowest BCUT2D eigenvalue weighted by molar-refractivity contribution is 0.0519. The molecule has 0 saturated heterocycles. The summed E-state index contributed by atoms with van der Waals surface area (Å²) in [6.07, 6.45) is 1.67. The Morgan fingerprint density at radius 3 is 2.70 bits per heavy atom. The van der Waals surface area contributed by atoms with E-state index in [1.807, 2.05) is 38.1 Å². The van der Waals surface area contributed by atoms with Gasteiger partial charge in [-0.3, -0.25) is 4.79 Å². The van der Waals surface area contributed by atoms with Crippen LogP contribution in [0.1, 0.15) is 39.1 Å². The van der Waals surface area contributed by atoms with Crippen LogP contribution in [0.25, 0.3) is 16.7 Å². The molecular formula is C23H21N3O4. The van der Waals surface area contributed by atoms with Crippen LogP contribution in [0.15, 0.2) is 59.1 Å². The summed E-state index contributed by atoms with van der Waals surface area (Å²) in [6.45, 7) is 5.85. The van der Waals surface area contributed by atoms with E-state index in [0.29, 0.717) is 11.4 Å². The van der Waals surface area contributed by atoms with Crippen molar-refractivity contribution >= 4 is 28.5 Å². The minimum atomic E-state index is -0.476. The van der Waals surface area contributed by atoms with Gasteiger partial charge >= 0.3 is 5.97 Å². The average molecular weight is 403 g/mol. The van der Waals surface area contributed by atoms with E-state index in [1.54, 1.807) is 42.1 Å². The number of nitrogens with one attached hydrogen (secondary N) is 1. The van der Waals surface area contributed by atoms with Crippen molar-refractivity contribution in [2.45, 2.75) is 20.8 Å². The first-order valence-electron chi connectivity index (χ1n) is 9.61. The van der Waals surface area contributed by atoms with Crippen LogP contribution < -0.4 is 5.32 Å². The van der Waals surface area contributed by atoms with Crippen molar-refractivity contribution in [3.05, 3.63) is 77.3 Å². The van der Waals surface area contributed by atoms with E-state index >= 15 is 0 Å². The Morgan fingerprint density at radius 1 is 1.13 bits per heavy atom. The number of carbonyl (C=O) groups is 2. The molecule has 0 aliphatic heterocycles. The number of hydrogen-bond donors (Lipinski definition) is 1. The van der Waals surface area contributed by atoms with E-state index in [-0.39, 0.29) is 24.0 Å². The number of anilines is 1. The van der Waals surface area contributed by atoms with E-state index in [0.717, 1.165) is 22.1 Å². The van der Waals surface area contributed by atoms with Crippen molar-refractivity contribution in [2.75, 3.05) is 11.9 Å². The van der Waals surface area contributed by atoms with Gasteiger partial charge in [0.05, 0.1) is 12.3 Å². The zero-order chi connectivity index (χ0) is 21.3. The highest BCUT2D eigenvalue weighted by Gasteiger charge is 2.19. The van der Waals surface area contributed by atoms with Gasteiger partial charge in [0.15, 0.2) is 11.5 Å². The number of aromatic nitrogens is 2. The van der Waals surface area contributed by atoms with Crippen LogP contribution in [0.2, 0.25) is 0 Å². The molecule has 0 aliphatic carbocycles. The molecule has 0 atom stereocenters. The number of esters is 1. The van der Waals surface area contributed by atoms with Gasteiger partial charge in [0, 0.05) is 22.8 Å². The van der Waals surface area contributed by atoms with E-state index in [9.17, 15) is 9.59 Å². The zero-order valence-electron chi connectivity index (χ0n) is 16.9. The molecule has 30 heavy (non-hydrogen) atoms. The van der Waals surface area contributed by atoms with E-state index in [1.165, 1.54) is 0 Å². The predicted molar refractivity (Wildman–Crippen MR) is 113 cm³/mol. The number of amides is 1. The Labute approximate surface area is 173 Å². The number of fused-ring (bicyclic) bond motifs is 1. The quantitative estimate of drug-likeness (QED) is 0.490. The van der Waals surface area contributed by atoms with E-state index in [4.69, 9.17) is 9.15 Å². The maximum absolute atomic E-state index is 12.8. The van der Waals surface area contributed by atoms with Crippen LogP contribution in [-0.2, 0) is 4.74 Å². The molecule has 0 saturated carbocycles. The topological polar surface area (TPSA) is 86.4 Å². The fraction of sp³-hybridized carbons (Fsp3) is 0.174. The van der Waals surface area contributed by atoms with Crippen LogP contribution in [0.3, 0.4) is 0 Å². The van der Waals surface area contributed by atoms with Gasteiger partial charge in [-0.1, -0.05) is 24.3 Å². The summed E-state index contributed by atoms with van der Waals surface area (Å²) in [4.78, 5) is 24.7. The average Bonchev–Trinajstić information content (AvgIpc) is 3.35. The number of hydrogen-bond acceptors (Lipinski definition) is 5. The van der Waals surface area contributed by atoms with Gasteiger partial charge in [-0.25, -0.2) is 9.48 Å². The lowest BCUT2D eigenvalue weighted by atomic mass is 10.1. The van der Waals surface area contributed by atoms with Gasteiger partial charge < -0.3 is 14.5 Å². The van der Waals surface area contributed by atoms with Crippen molar-refractivity contribution in [1.82, 2.24) is 9.78 Å². The smallest absolute Gasteiger partial charge is 0.358 e. The number of ether oxygens (including phenoxy) is 1. The van der Waals surface area contributed by atoms with Crippen molar-refractivity contribution < 1.29 is 18.7 Å². The molecule has 2 aromatic carbocycles. The van der Waals surface area contributed by atoms with Crippen LogP contribution in [0.4, 0.5) is 5.69 Å². The highest BCUT2D eigenvalue weighted by molar-refractivity contribution is 6.06. The highest BCUT2D eigenvalue weighted by atomic mass is 16.5. The third kappa shape index (κ3) is 3.57. The normalized spacial score (nSPS) is 10.9. The van der Waals surface area contributed by atoms with Crippen LogP contribution in [0, 0.1) is 13.8 Å². The molecule has 7 heteroatoms. The molecular weight excluding hydrogens is 382 g/mol. The van der Waals surface area contributed by atoms with Gasteiger partial charge in [0.1, 0.15) is 5.58 Å². The third-order valence-electron chi connectivity index (χ3n) is 4.81. The second-order valence-electron chi connectivity index (χ2n) is 6.88. The summed E-state index contributed by atoms with van der Waals surface area (Å²) in [6, 6.07) is 14.6. The Bertz CT molecular complexity index is 1250. The van der Waals surface area contributed by atoms with Crippen molar-refractivity contribution in [3.63, 3.8) is 0 Å². The number of furan rings is 1. The fourth-order valence-corrected chi connectivity index (χ4v) is 3.30. The van der Waals surface area contributed by atoms with Crippen LogP contribution in [-0.4, -0.2) is 28.3 Å². The summed E-state index contributed by atoms with van der Waals surface area (Å²) in [7, 11) is 0. The van der Waals surface area contributed by atoms with Crippen molar-refractivity contribution in [2.24, 2.45) is 0 Å². The lowest BCUT2D eigenvalue weighted by Gasteiger charge is -2.07. The Morgan fingerprint density at radius 2 is 1.93 bits per heavy atom. The summed E-state index contributed by atoms with van der Waals surface area (Å²) < 4.78 is 12.4. The van der Waals surface area contributed by atoms with Gasteiger partial charge in [-0.05, 0) is 50.6 Å². The summed E-state index contributed by atoms with van der Waals surface area (Å²) in [5.41, 5.74) is 4.00. The van der Waals surface area contributed by atoms with E-state index in [2.05, 4.69) is 10.4 Å². The van der Waals surface area contributed by atoms with Crippen molar-refractivity contribution in [1.29, 1.82) is 0 Å². The molecule has 0 unspecified atom stereocenters. The molecule has 0 fully saturated rings. The molecule has 4 rings (SSSR count). The maximum Gasteiger partial charge on any atom is 0.358 e. The van der Waals surface area contributed by atoms with E-state index < -0.39 is 5.97 Å². The number of benzene rings is 2. The summed E-state index contributed by atoms with van der Waals surface area (Å²) >= 11 is 0. The minimum Gasteiger partial charge on any atom is -0.461 e. The second-order valence-corrected chi connectivity index (χ2v) is 6.88. The standard InChI is InChI=1S/C23H21N3O4/c1-4-29-23(28)19-11-12-26(25-19)17-9-6-8-16(13-17)24-22(27)21-15(3)18-10-5-7-14(2)20(18)30-21/h5-13H,4H2,1-3H3,(H,24,27). The van der Waals surface area contributed by atoms with Crippen LogP contribution in [0.5, 0.6) is 0 Å². The molecule has 0 bridgehead atoms. The third-order valence-corrected chi connectivity index (χ3v) is 4.81. The zero-order valence-corrected chi connectivity index (χ0v) is 16.9. The predicted octanol–water partition coefficient (Wildman–Crippen LogP) is 4.66. The van der Waals surface area contributed by atoms with Gasteiger partial charge in [0.2, 0.25) is 0 Å². The highest BCUT2D eigenvalue weighted by Crippen LogP contribution is 2.28. The number of nitrogens with zero attached hydrogens (tertiary/aromatic N) is 2. The van der Waals surface area contributed by atoms with Gasteiger partial charge in [0.25, 0.3) is 5.91 Å². The van der Waals surface area contributed by atoms with Gasteiger partial charge in [-0.15, -0.1) is 0 Å². The largest absolute Gasteiger partial charge is 0.461 e. The first-order chi connectivity index (χ1) is 14.5. The van der Waals surface area contributed by atoms with Crippen molar-refractivity contribution in [3.8, 4) is 5.69 Å². The number of carbonyl (C=O) groups excluding carboxylic acids is 2. The molecule has 0 aliphatic rings. The molecule has 0 spiro atoms. The number of rotatable bonds is 5. The summed E-state index contributed by atoms with van der Waals surface area (Å²) in [5, 5.41) is 8.04. The Hall–Kier alpha value is -3.87. The fourth-order valence-electron chi connectivity index (χ4n) is 3.30. The molecule has 4 aromatic rings. The molecule has 152 valence electrons. The molecule has 1 amide bonds. The maximum atomic E-state index is 12.8. The summed E-state index contributed by atoms with van der Waals surface area (Å²) in [5.74, 6) is -0.516. The first kappa shape index (κ1) is 19.4. The monoisotopic (exact) mass is 403 g/mol. The SMILES string of the molecule is CCOC(=O)c1ccn(-c2cccc(NC(=O)c3oc4c(C)cccc4c3C)c2)n1. The van der Waals surface area contributed by atoms with Crippen LogP contribution >= 0.6 is 0 Å². The molecule has 2 aromatic heterocycles. The minimum absolute atomic E-state index is 0.222. The molecule has 1 N–H and O–H groups in total. The first-order valence-corrected chi connectivity index (χ1v) is 9.61. The molecule has 7 nitrogen and oxygen atoms in total. The number of para-hydroxylation sites is 1. The lowest BCUT2D eigenvalue weighted by Crippen LogP contribution is -2.12. The molecule has 2 heterocycles. The number of aryl methyl sites for hydroxylation is 2. The second kappa shape index (κ2) is 7.87. The van der Waals surface area contributed by atoms with Gasteiger partial charge in [-0.2, -0.15) is 5.10 Å². The Kier molecular flexibility index (Phi) is 5.10. The Balaban J connectivity index is 1.58.